The van der Waals surface area contributed by atoms with E-state index in [0.717, 1.165) is 0 Å². The molecule has 0 aliphatic heterocycles. The highest BCUT2D eigenvalue weighted by Gasteiger charge is 2.18. The van der Waals surface area contributed by atoms with Gasteiger partial charge in [0.15, 0.2) is 0 Å². The van der Waals surface area contributed by atoms with E-state index in [-0.39, 0.29) is 5.41 Å². The molecular weight excluding hydrogens is 168 g/mol. The molecule has 0 spiro atoms. The zero-order chi connectivity index (χ0) is 10.9. The average molecular weight is 189 g/mol. The Morgan fingerprint density at radius 1 is 1.07 bits per heavy atom. The van der Waals surface area contributed by atoms with Gasteiger partial charge in [-0.3, -0.25) is 0 Å². The number of hydrogen-bond acceptors (Lipinski definition) is 0. The van der Waals surface area contributed by atoms with Crippen LogP contribution in [0.15, 0.2) is 18.2 Å². The van der Waals surface area contributed by atoms with Gasteiger partial charge < -0.3 is 0 Å². The van der Waals surface area contributed by atoms with E-state index in [2.05, 4.69) is 59.7 Å². The van der Waals surface area contributed by atoms with Crippen LogP contribution in [0.2, 0.25) is 0 Å². The van der Waals surface area contributed by atoms with E-state index in [1.165, 1.54) is 22.6 Å². The van der Waals surface area contributed by atoms with Gasteiger partial charge in [-0.05, 0) is 34.9 Å². The Bertz CT molecular complexity index is 313. The summed E-state index contributed by atoms with van der Waals surface area (Å²) in [6.07, 6.45) is 0. The molecule has 0 heteroatoms. The predicted molar refractivity (Wildman–Crippen MR) is 63.6 cm³/mol. The smallest absolute Gasteiger partial charge is 0.000922 e. The van der Waals surface area contributed by atoms with Crippen LogP contribution in [0.3, 0.4) is 0 Å². The summed E-state index contributed by atoms with van der Waals surface area (Å²) < 4.78 is 0. The Morgan fingerprint density at radius 2 is 1.64 bits per heavy atom. The maximum Gasteiger partial charge on any atom is -0.000922 e. The SMILES string of the molecule is C[C](C)c1cccc(C(C)(C)C)c1C. The van der Waals surface area contributed by atoms with Crippen LogP contribution in [0.4, 0.5) is 0 Å². The topological polar surface area (TPSA) is 0 Å². The van der Waals surface area contributed by atoms with Crippen molar-refractivity contribution in [1.82, 2.24) is 0 Å². The largest absolute Gasteiger partial charge is 0.0617 e. The summed E-state index contributed by atoms with van der Waals surface area (Å²) in [5.41, 5.74) is 4.53. The van der Waals surface area contributed by atoms with Gasteiger partial charge in [0.25, 0.3) is 0 Å². The quantitative estimate of drug-likeness (QED) is 0.619. The van der Waals surface area contributed by atoms with E-state index in [1.807, 2.05) is 0 Å². The van der Waals surface area contributed by atoms with Gasteiger partial charge in [0, 0.05) is 0 Å². The van der Waals surface area contributed by atoms with Crippen molar-refractivity contribution in [3.05, 3.63) is 40.8 Å². The van der Waals surface area contributed by atoms with Gasteiger partial charge in [-0.1, -0.05) is 52.8 Å². The predicted octanol–water partition coefficient (Wildman–Crippen LogP) is 4.25. The van der Waals surface area contributed by atoms with Gasteiger partial charge in [0.2, 0.25) is 0 Å². The van der Waals surface area contributed by atoms with Crippen molar-refractivity contribution >= 4 is 0 Å². The number of benzene rings is 1. The second kappa shape index (κ2) is 3.76. The third kappa shape index (κ3) is 2.17. The molecule has 0 saturated carbocycles. The molecule has 0 unspecified atom stereocenters. The maximum atomic E-state index is 2.27. The zero-order valence-electron chi connectivity index (χ0n) is 10.2. The van der Waals surface area contributed by atoms with E-state index in [4.69, 9.17) is 0 Å². The van der Waals surface area contributed by atoms with Gasteiger partial charge in [0.05, 0.1) is 0 Å². The van der Waals surface area contributed by atoms with Crippen molar-refractivity contribution in [1.29, 1.82) is 0 Å². The average Bonchev–Trinajstić information content (AvgIpc) is 2.01. The van der Waals surface area contributed by atoms with Gasteiger partial charge in [-0.25, -0.2) is 0 Å². The highest BCUT2D eigenvalue weighted by atomic mass is 14.2. The van der Waals surface area contributed by atoms with Gasteiger partial charge in [-0.2, -0.15) is 0 Å². The molecule has 0 fully saturated rings. The van der Waals surface area contributed by atoms with Crippen molar-refractivity contribution in [2.24, 2.45) is 0 Å². The van der Waals surface area contributed by atoms with E-state index >= 15 is 0 Å². The third-order valence-electron chi connectivity index (χ3n) is 2.68. The zero-order valence-corrected chi connectivity index (χ0v) is 10.2. The molecule has 0 N–H and O–H groups in total. The molecule has 0 nitrogen and oxygen atoms in total. The lowest BCUT2D eigenvalue weighted by atomic mass is 9.81. The van der Waals surface area contributed by atoms with Gasteiger partial charge >= 0.3 is 0 Å². The summed E-state index contributed by atoms with van der Waals surface area (Å²) in [7, 11) is 0. The van der Waals surface area contributed by atoms with Crippen molar-refractivity contribution in [2.45, 2.75) is 47.0 Å². The molecule has 1 aromatic carbocycles. The van der Waals surface area contributed by atoms with E-state index in [9.17, 15) is 0 Å². The van der Waals surface area contributed by atoms with Crippen LogP contribution in [0.5, 0.6) is 0 Å². The molecule has 1 radical (unpaired) electrons. The molecule has 0 amide bonds. The van der Waals surface area contributed by atoms with Crippen LogP contribution >= 0.6 is 0 Å². The molecule has 0 saturated heterocycles. The molecule has 0 aromatic heterocycles. The second-order valence-electron chi connectivity index (χ2n) is 5.23. The second-order valence-corrected chi connectivity index (χ2v) is 5.23. The molecule has 0 atom stereocenters. The molecule has 77 valence electrons. The van der Waals surface area contributed by atoms with E-state index in [0.29, 0.717) is 0 Å². The van der Waals surface area contributed by atoms with Crippen LogP contribution in [-0.2, 0) is 5.41 Å². The monoisotopic (exact) mass is 189 g/mol. The molecule has 14 heavy (non-hydrogen) atoms. The lowest BCUT2D eigenvalue weighted by Crippen LogP contribution is -2.14. The minimum atomic E-state index is 0.246. The first kappa shape index (κ1) is 11.3. The lowest BCUT2D eigenvalue weighted by Gasteiger charge is -2.24. The van der Waals surface area contributed by atoms with Crippen molar-refractivity contribution in [3.63, 3.8) is 0 Å². The van der Waals surface area contributed by atoms with Crippen molar-refractivity contribution in [2.75, 3.05) is 0 Å². The highest BCUT2D eigenvalue weighted by Crippen LogP contribution is 2.29. The minimum absolute atomic E-state index is 0.246. The summed E-state index contributed by atoms with van der Waals surface area (Å²) in [4.78, 5) is 0. The third-order valence-corrected chi connectivity index (χ3v) is 2.68. The summed E-state index contributed by atoms with van der Waals surface area (Å²) in [5.74, 6) is 1.40. The Balaban J connectivity index is 3.28. The molecule has 0 aliphatic rings. The van der Waals surface area contributed by atoms with E-state index < -0.39 is 0 Å². The maximum absolute atomic E-state index is 2.27. The van der Waals surface area contributed by atoms with Crippen LogP contribution in [0.1, 0.15) is 51.3 Å². The van der Waals surface area contributed by atoms with Crippen LogP contribution in [0.25, 0.3) is 0 Å². The standard InChI is InChI=1S/C14H21/c1-10(2)12-8-7-9-13(11(12)3)14(4,5)6/h7-9H,1-6H3. The fourth-order valence-corrected chi connectivity index (χ4v) is 1.99. The summed E-state index contributed by atoms with van der Waals surface area (Å²) in [6.45, 7) is 13.4. The Kier molecular flexibility index (Phi) is 3.04. The summed E-state index contributed by atoms with van der Waals surface area (Å²) in [5, 5.41) is 0. The van der Waals surface area contributed by atoms with Gasteiger partial charge in [0.1, 0.15) is 0 Å². The fraction of sp³-hybridized carbons (Fsp3) is 0.500. The van der Waals surface area contributed by atoms with Crippen molar-refractivity contribution < 1.29 is 0 Å². The Hall–Kier alpha value is -0.780. The normalized spacial score (nSPS) is 12.2. The Morgan fingerprint density at radius 3 is 2.07 bits per heavy atom. The van der Waals surface area contributed by atoms with Crippen LogP contribution in [0, 0.1) is 12.8 Å². The summed E-state index contributed by atoms with van der Waals surface area (Å²) >= 11 is 0. The molecular formula is C14H21. The van der Waals surface area contributed by atoms with E-state index in [1.54, 1.807) is 0 Å². The van der Waals surface area contributed by atoms with Gasteiger partial charge in [-0.15, -0.1) is 0 Å². The molecule has 0 aliphatic carbocycles. The van der Waals surface area contributed by atoms with Crippen LogP contribution < -0.4 is 0 Å². The minimum Gasteiger partial charge on any atom is -0.0617 e. The first-order chi connectivity index (χ1) is 6.34. The highest BCUT2D eigenvalue weighted by molar-refractivity contribution is 5.43. The number of hydrogen-bond donors (Lipinski definition) is 0. The molecule has 1 aromatic rings. The molecule has 0 bridgehead atoms. The van der Waals surface area contributed by atoms with Crippen LogP contribution in [-0.4, -0.2) is 0 Å². The number of rotatable bonds is 1. The molecule has 1 rings (SSSR count). The molecule has 0 heterocycles. The first-order valence-corrected chi connectivity index (χ1v) is 5.24. The summed E-state index contributed by atoms with van der Waals surface area (Å²) in [6, 6.07) is 6.61. The van der Waals surface area contributed by atoms with Crippen molar-refractivity contribution in [3.8, 4) is 0 Å². The Labute approximate surface area is 88.4 Å². The first-order valence-electron chi connectivity index (χ1n) is 5.24. The fourth-order valence-electron chi connectivity index (χ4n) is 1.99. The lowest BCUT2D eigenvalue weighted by molar-refractivity contribution is 0.585.